The number of hydrogen-bond donors (Lipinski definition) is 0. The minimum absolute atomic E-state index is 0.0867. The molecule has 0 N–H and O–H groups in total. The molecule has 2 aromatic rings. The summed E-state index contributed by atoms with van der Waals surface area (Å²) in [4.78, 5) is 0.101. The van der Waals surface area contributed by atoms with E-state index >= 15 is 0 Å². The smallest absolute Gasteiger partial charge is 0.228 e. The van der Waals surface area contributed by atoms with Gasteiger partial charge in [-0.05, 0) is 42.7 Å². The first-order valence-electron chi connectivity index (χ1n) is 8.35. The topological polar surface area (TPSA) is 71.5 Å². The molecule has 2 aromatic carbocycles. The summed E-state index contributed by atoms with van der Waals surface area (Å²) in [6, 6.07) is 11.4. The zero-order valence-electron chi connectivity index (χ0n) is 14.6. The van der Waals surface area contributed by atoms with Crippen LogP contribution in [0.15, 0.2) is 47.4 Å². The lowest BCUT2D eigenvalue weighted by Crippen LogP contribution is -2.34. The molecule has 1 unspecified atom stereocenters. The zero-order chi connectivity index (χ0) is 19.8. The van der Waals surface area contributed by atoms with Crippen molar-refractivity contribution in [3.8, 4) is 0 Å². The van der Waals surface area contributed by atoms with E-state index < -0.39 is 25.1 Å². The molecule has 27 heavy (non-hydrogen) atoms. The van der Waals surface area contributed by atoms with E-state index in [2.05, 4.69) is 0 Å². The van der Waals surface area contributed by atoms with E-state index in [9.17, 15) is 16.8 Å². The molecule has 0 spiro atoms. The third-order valence-electron chi connectivity index (χ3n) is 4.72. The molecule has 1 fully saturated rings. The summed E-state index contributed by atoms with van der Waals surface area (Å²) in [6.45, 7) is 1.67. The van der Waals surface area contributed by atoms with Gasteiger partial charge in [0.25, 0.3) is 0 Å². The molecule has 1 saturated heterocycles. The second kappa shape index (κ2) is 7.72. The SMILES string of the molecule is Cc1ccc(Cl)cc1S(=O)(=O)N1CCC(c2ccccc2Cl)S(=O)(=O)CC1. The van der Waals surface area contributed by atoms with Gasteiger partial charge in [-0.25, -0.2) is 16.8 Å². The van der Waals surface area contributed by atoms with Gasteiger partial charge in [-0.2, -0.15) is 4.31 Å². The molecule has 5 nitrogen and oxygen atoms in total. The van der Waals surface area contributed by atoms with Crippen LogP contribution in [0.4, 0.5) is 0 Å². The minimum atomic E-state index is -3.85. The standard InChI is InChI=1S/C18H19Cl2NO4S2/c1-13-6-7-14(19)12-18(13)27(24,25)21-9-8-17(26(22,23)11-10-21)15-4-2-3-5-16(15)20/h2-7,12,17H,8-11H2,1H3. The van der Waals surface area contributed by atoms with Crippen LogP contribution < -0.4 is 0 Å². The van der Waals surface area contributed by atoms with Crippen molar-refractivity contribution in [2.45, 2.75) is 23.5 Å². The Kier molecular flexibility index (Phi) is 5.89. The van der Waals surface area contributed by atoms with E-state index in [0.717, 1.165) is 0 Å². The molecule has 1 aliphatic heterocycles. The molecule has 9 heteroatoms. The van der Waals surface area contributed by atoms with Crippen molar-refractivity contribution in [3.05, 3.63) is 63.6 Å². The number of rotatable bonds is 3. The normalized spacial score (nSPS) is 20.9. The van der Waals surface area contributed by atoms with Gasteiger partial charge in [0.15, 0.2) is 9.84 Å². The monoisotopic (exact) mass is 447 g/mol. The van der Waals surface area contributed by atoms with E-state index in [1.807, 2.05) is 0 Å². The van der Waals surface area contributed by atoms with Crippen molar-refractivity contribution in [1.29, 1.82) is 0 Å². The molecule has 0 saturated carbocycles. The summed E-state index contributed by atoms with van der Waals surface area (Å²) in [5.41, 5.74) is 1.08. The van der Waals surface area contributed by atoms with Crippen molar-refractivity contribution < 1.29 is 16.8 Å². The van der Waals surface area contributed by atoms with Crippen molar-refractivity contribution in [1.82, 2.24) is 4.31 Å². The fourth-order valence-electron chi connectivity index (χ4n) is 3.24. The van der Waals surface area contributed by atoms with Crippen LogP contribution in [0.1, 0.15) is 22.8 Å². The summed E-state index contributed by atoms with van der Waals surface area (Å²) in [5, 5.41) is -0.143. The Morgan fingerprint density at radius 3 is 2.48 bits per heavy atom. The van der Waals surface area contributed by atoms with Gasteiger partial charge in [0.1, 0.15) is 0 Å². The fraction of sp³-hybridized carbons (Fsp3) is 0.333. The number of nitrogens with zero attached hydrogens (tertiary/aromatic N) is 1. The van der Waals surface area contributed by atoms with E-state index in [-0.39, 0.29) is 30.2 Å². The molecule has 1 atom stereocenters. The molecule has 3 rings (SSSR count). The molecule has 146 valence electrons. The maximum absolute atomic E-state index is 13.1. The Morgan fingerprint density at radius 1 is 1.07 bits per heavy atom. The van der Waals surface area contributed by atoms with Crippen molar-refractivity contribution in [3.63, 3.8) is 0 Å². The lowest BCUT2D eigenvalue weighted by molar-refractivity contribution is 0.427. The molecule has 0 amide bonds. The highest BCUT2D eigenvalue weighted by atomic mass is 35.5. The average Bonchev–Trinajstić information content (AvgIpc) is 2.76. The van der Waals surface area contributed by atoms with Gasteiger partial charge in [-0.3, -0.25) is 0 Å². The van der Waals surface area contributed by atoms with Gasteiger partial charge in [0, 0.05) is 23.1 Å². The molecule has 0 aliphatic carbocycles. The highest BCUT2D eigenvalue weighted by Crippen LogP contribution is 2.35. The van der Waals surface area contributed by atoms with Gasteiger partial charge in [-0.15, -0.1) is 0 Å². The Labute approximate surface area is 169 Å². The third-order valence-corrected chi connectivity index (χ3v) is 9.45. The molecule has 0 aromatic heterocycles. The average molecular weight is 448 g/mol. The first-order chi connectivity index (χ1) is 12.6. The molecule has 1 aliphatic rings. The van der Waals surface area contributed by atoms with Crippen LogP contribution in [-0.4, -0.2) is 40.0 Å². The predicted octanol–water partition coefficient (Wildman–Crippen LogP) is 3.85. The summed E-state index contributed by atoms with van der Waals surface area (Å²) in [5.74, 6) is -0.262. The van der Waals surface area contributed by atoms with Crippen molar-refractivity contribution >= 4 is 43.1 Å². The van der Waals surface area contributed by atoms with Crippen molar-refractivity contribution in [2.75, 3.05) is 18.8 Å². The number of sulfone groups is 1. The second-order valence-electron chi connectivity index (χ2n) is 6.48. The minimum Gasteiger partial charge on any atom is -0.228 e. The molecule has 0 radical (unpaired) electrons. The Bertz CT molecular complexity index is 1070. The highest BCUT2D eigenvalue weighted by Gasteiger charge is 2.36. The van der Waals surface area contributed by atoms with Crippen LogP contribution in [0, 0.1) is 6.92 Å². The van der Waals surface area contributed by atoms with Crippen LogP contribution in [0.2, 0.25) is 10.0 Å². The first-order valence-corrected chi connectivity index (χ1v) is 12.3. The summed E-state index contributed by atoms with van der Waals surface area (Å²) in [6.07, 6.45) is 0.144. The van der Waals surface area contributed by atoms with E-state index in [4.69, 9.17) is 23.2 Å². The molecule has 0 bridgehead atoms. The van der Waals surface area contributed by atoms with Crippen LogP contribution in [0.25, 0.3) is 0 Å². The maximum Gasteiger partial charge on any atom is 0.243 e. The predicted molar refractivity (Wildman–Crippen MR) is 108 cm³/mol. The second-order valence-corrected chi connectivity index (χ2v) is 11.5. The van der Waals surface area contributed by atoms with E-state index in [1.54, 1.807) is 43.3 Å². The largest absolute Gasteiger partial charge is 0.243 e. The van der Waals surface area contributed by atoms with Crippen LogP contribution in [0.5, 0.6) is 0 Å². The lowest BCUT2D eigenvalue weighted by Gasteiger charge is -2.21. The molecular formula is C18H19Cl2NO4S2. The molecule has 1 heterocycles. The Balaban J connectivity index is 1.96. The number of sulfonamides is 1. The Hall–Kier alpha value is -1.12. The third kappa shape index (κ3) is 4.17. The number of hydrogen-bond acceptors (Lipinski definition) is 4. The molecular weight excluding hydrogens is 429 g/mol. The summed E-state index contributed by atoms with van der Waals surface area (Å²) in [7, 11) is -7.40. The quantitative estimate of drug-likeness (QED) is 0.715. The fourth-order valence-corrected chi connectivity index (χ4v) is 7.45. The summed E-state index contributed by atoms with van der Waals surface area (Å²) < 4.78 is 53.0. The van der Waals surface area contributed by atoms with Crippen LogP contribution in [0.3, 0.4) is 0 Å². The van der Waals surface area contributed by atoms with Crippen molar-refractivity contribution in [2.24, 2.45) is 0 Å². The highest BCUT2D eigenvalue weighted by molar-refractivity contribution is 7.92. The number of aryl methyl sites for hydroxylation is 1. The number of halogens is 2. The first kappa shape index (κ1) is 20.6. The van der Waals surface area contributed by atoms with Gasteiger partial charge < -0.3 is 0 Å². The summed E-state index contributed by atoms with van der Waals surface area (Å²) >= 11 is 12.2. The van der Waals surface area contributed by atoms with Gasteiger partial charge >= 0.3 is 0 Å². The lowest BCUT2D eigenvalue weighted by atomic mass is 10.1. The van der Waals surface area contributed by atoms with E-state index in [0.29, 0.717) is 21.2 Å². The van der Waals surface area contributed by atoms with Gasteiger partial charge in [0.2, 0.25) is 10.0 Å². The van der Waals surface area contributed by atoms with Gasteiger partial charge in [-0.1, -0.05) is 47.5 Å². The maximum atomic E-state index is 13.1. The van der Waals surface area contributed by atoms with Crippen LogP contribution in [-0.2, 0) is 19.9 Å². The Morgan fingerprint density at radius 2 is 1.78 bits per heavy atom. The van der Waals surface area contributed by atoms with E-state index in [1.165, 1.54) is 10.4 Å². The number of benzene rings is 2. The van der Waals surface area contributed by atoms with Crippen LogP contribution >= 0.6 is 23.2 Å². The zero-order valence-corrected chi connectivity index (χ0v) is 17.7. The van der Waals surface area contributed by atoms with Gasteiger partial charge in [0.05, 0.1) is 15.9 Å².